The summed E-state index contributed by atoms with van der Waals surface area (Å²) in [4.78, 5) is 13.8. The Morgan fingerprint density at radius 3 is 2.50 bits per heavy atom. The first-order chi connectivity index (χ1) is 8.84. The molecule has 1 N–H and O–H groups in total. The zero-order chi connectivity index (χ0) is 13.2. The first-order valence-corrected chi connectivity index (χ1v) is 6.25. The lowest BCUT2D eigenvalue weighted by molar-refractivity contribution is -0.121. The van der Waals surface area contributed by atoms with Crippen LogP contribution < -0.4 is 5.32 Å². The van der Waals surface area contributed by atoms with Crippen molar-refractivity contribution in [2.45, 2.75) is 19.4 Å². The standard InChI is InChI=1S/C13H18N2O.CH3F/c16-13(7-10-15-8-4-9-15)14-11-12-5-2-1-3-6-12;1-2/h1-3,5-6H,4,7-11H2,(H,14,16);1H3. The van der Waals surface area contributed by atoms with Crippen molar-refractivity contribution in [3.8, 4) is 0 Å². The third kappa shape index (κ3) is 5.27. The summed E-state index contributed by atoms with van der Waals surface area (Å²) in [6.45, 7) is 3.86. The van der Waals surface area contributed by atoms with Gasteiger partial charge >= 0.3 is 0 Å². The highest BCUT2D eigenvalue weighted by molar-refractivity contribution is 5.76. The van der Waals surface area contributed by atoms with E-state index < -0.39 is 0 Å². The highest BCUT2D eigenvalue weighted by Gasteiger charge is 2.14. The average Bonchev–Trinajstić information content (AvgIpc) is 2.38. The zero-order valence-electron chi connectivity index (χ0n) is 10.9. The fourth-order valence-corrected chi connectivity index (χ4v) is 1.75. The number of hydrogen-bond acceptors (Lipinski definition) is 2. The highest BCUT2D eigenvalue weighted by Crippen LogP contribution is 2.05. The van der Waals surface area contributed by atoms with Crippen molar-refractivity contribution in [2.75, 3.05) is 26.8 Å². The normalized spacial score (nSPS) is 14.1. The van der Waals surface area contributed by atoms with Crippen molar-refractivity contribution in [3.05, 3.63) is 35.9 Å². The summed E-state index contributed by atoms with van der Waals surface area (Å²) in [6, 6.07) is 10.0. The molecule has 0 spiro atoms. The first-order valence-electron chi connectivity index (χ1n) is 6.25. The van der Waals surface area contributed by atoms with Crippen LogP contribution >= 0.6 is 0 Å². The van der Waals surface area contributed by atoms with Crippen molar-refractivity contribution in [1.82, 2.24) is 10.2 Å². The van der Waals surface area contributed by atoms with E-state index in [1.54, 1.807) is 0 Å². The van der Waals surface area contributed by atoms with Gasteiger partial charge in [-0.2, -0.15) is 0 Å². The summed E-state index contributed by atoms with van der Waals surface area (Å²) in [5.74, 6) is 0.149. The Bertz CT molecular complexity index is 339. The van der Waals surface area contributed by atoms with Gasteiger partial charge in [-0.1, -0.05) is 30.3 Å². The Morgan fingerprint density at radius 1 is 1.28 bits per heavy atom. The number of hydrogen-bond donors (Lipinski definition) is 1. The van der Waals surface area contributed by atoms with E-state index in [9.17, 15) is 9.18 Å². The number of rotatable bonds is 5. The van der Waals surface area contributed by atoms with Crippen LogP contribution in [0.1, 0.15) is 18.4 Å². The summed E-state index contributed by atoms with van der Waals surface area (Å²) in [7, 11) is 0.500. The molecule has 0 radical (unpaired) electrons. The van der Waals surface area contributed by atoms with E-state index in [1.807, 2.05) is 30.3 Å². The lowest BCUT2D eigenvalue weighted by atomic mass is 10.2. The van der Waals surface area contributed by atoms with Crippen molar-refractivity contribution in [2.24, 2.45) is 0 Å². The smallest absolute Gasteiger partial charge is 0.221 e. The van der Waals surface area contributed by atoms with Crippen molar-refractivity contribution in [3.63, 3.8) is 0 Å². The van der Waals surface area contributed by atoms with Crippen LogP contribution in [-0.4, -0.2) is 37.6 Å². The van der Waals surface area contributed by atoms with Crippen LogP contribution in [-0.2, 0) is 11.3 Å². The second-order valence-corrected chi connectivity index (χ2v) is 4.21. The Hall–Kier alpha value is -1.42. The molecule has 100 valence electrons. The van der Waals surface area contributed by atoms with E-state index in [4.69, 9.17) is 0 Å². The summed E-state index contributed by atoms with van der Waals surface area (Å²) in [5.41, 5.74) is 1.15. The topological polar surface area (TPSA) is 32.3 Å². The fraction of sp³-hybridized carbons (Fsp3) is 0.500. The number of nitrogens with zero attached hydrogens (tertiary/aromatic N) is 1. The molecule has 1 amide bonds. The number of likely N-dealkylation sites (tertiary alicyclic amines) is 1. The Labute approximate surface area is 108 Å². The molecule has 4 heteroatoms. The van der Waals surface area contributed by atoms with E-state index in [0.717, 1.165) is 25.2 Å². The second kappa shape index (κ2) is 8.64. The van der Waals surface area contributed by atoms with Gasteiger partial charge in [0.2, 0.25) is 5.91 Å². The third-order valence-electron chi connectivity index (χ3n) is 2.94. The molecule has 1 aromatic carbocycles. The average molecular weight is 252 g/mol. The largest absolute Gasteiger partial charge is 0.352 e. The van der Waals surface area contributed by atoms with Gasteiger partial charge in [-0.25, -0.2) is 0 Å². The Kier molecular flexibility index (Phi) is 7.03. The van der Waals surface area contributed by atoms with Crippen molar-refractivity contribution in [1.29, 1.82) is 0 Å². The van der Waals surface area contributed by atoms with E-state index in [2.05, 4.69) is 10.2 Å². The first kappa shape index (κ1) is 14.6. The minimum absolute atomic E-state index is 0.149. The Morgan fingerprint density at radius 2 is 1.94 bits per heavy atom. The molecule has 0 aromatic heterocycles. The number of benzene rings is 1. The number of carbonyl (C=O) groups excluding carboxylic acids is 1. The van der Waals surface area contributed by atoms with Crippen LogP contribution in [0.15, 0.2) is 30.3 Å². The van der Waals surface area contributed by atoms with Crippen LogP contribution in [0.3, 0.4) is 0 Å². The number of carbonyl (C=O) groups is 1. The van der Waals surface area contributed by atoms with Crippen molar-refractivity contribution >= 4 is 5.91 Å². The van der Waals surface area contributed by atoms with Crippen molar-refractivity contribution < 1.29 is 9.18 Å². The number of halogens is 1. The van der Waals surface area contributed by atoms with Gasteiger partial charge in [0.15, 0.2) is 0 Å². The molecule has 0 atom stereocenters. The number of nitrogens with one attached hydrogen (secondary N) is 1. The number of amides is 1. The van der Waals surface area contributed by atoms with E-state index in [1.165, 1.54) is 6.42 Å². The van der Waals surface area contributed by atoms with Gasteiger partial charge in [0.25, 0.3) is 0 Å². The molecule has 0 bridgehead atoms. The molecule has 1 aliphatic rings. The molecule has 18 heavy (non-hydrogen) atoms. The molecule has 1 heterocycles. The second-order valence-electron chi connectivity index (χ2n) is 4.21. The molecule has 0 saturated carbocycles. The third-order valence-corrected chi connectivity index (χ3v) is 2.94. The van der Waals surface area contributed by atoms with Gasteiger partial charge in [0.05, 0.1) is 7.18 Å². The van der Waals surface area contributed by atoms with E-state index >= 15 is 0 Å². The SMILES string of the molecule is CF.O=C(CCN1CCC1)NCc1ccccc1. The number of alkyl halides is 1. The molecular weight excluding hydrogens is 231 g/mol. The Balaban J connectivity index is 0.000000771. The van der Waals surface area contributed by atoms with Crippen LogP contribution in [0.2, 0.25) is 0 Å². The van der Waals surface area contributed by atoms with Crippen LogP contribution in [0.4, 0.5) is 4.39 Å². The predicted molar refractivity (Wildman–Crippen MR) is 71.0 cm³/mol. The minimum Gasteiger partial charge on any atom is -0.352 e. The monoisotopic (exact) mass is 252 g/mol. The molecule has 2 rings (SSSR count). The fourth-order valence-electron chi connectivity index (χ4n) is 1.75. The maximum absolute atomic E-state index is 11.5. The molecule has 1 saturated heterocycles. The maximum atomic E-state index is 11.5. The summed E-state index contributed by atoms with van der Waals surface area (Å²) in [6.07, 6.45) is 1.90. The van der Waals surface area contributed by atoms with Gasteiger partial charge < -0.3 is 10.2 Å². The predicted octanol–water partition coefficient (Wildman–Crippen LogP) is 1.98. The summed E-state index contributed by atoms with van der Waals surface area (Å²) < 4.78 is 9.50. The van der Waals surface area contributed by atoms with Crippen LogP contribution in [0.5, 0.6) is 0 Å². The van der Waals surface area contributed by atoms with E-state index in [-0.39, 0.29) is 5.91 Å². The van der Waals surface area contributed by atoms with Gasteiger partial charge in [-0.15, -0.1) is 0 Å². The van der Waals surface area contributed by atoms with Gasteiger partial charge in [-0.05, 0) is 25.1 Å². The molecule has 1 aromatic rings. The van der Waals surface area contributed by atoms with Gasteiger partial charge in [-0.3, -0.25) is 9.18 Å². The molecule has 0 unspecified atom stereocenters. The lowest BCUT2D eigenvalue weighted by Crippen LogP contribution is -2.39. The highest BCUT2D eigenvalue weighted by atomic mass is 19.1. The maximum Gasteiger partial charge on any atom is 0.221 e. The minimum atomic E-state index is 0.149. The van der Waals surface area contributed by atoms with E-state index in [0.29, 0.717) is 20.1 Å². The molecule has 0 aliphatic carbocycles. The lowest BCUT2D eigenvalue weighted by Gasteiger charge is -2.30. The molecule has 1 fully saturated rings. The molecule has 3 nitrogen and oxygen atoms in total. The zero-order valence-corrected chi connectivity index (χ0v) is 10.9. The quantitative estimate of drug-likeness (QED) is 0.869. The summed E-state index contributed by atoms with van der Waals surface area (Å²) >= 11 is 0. The molecular formula is C14H21FN2O. The molecule has 1 aliphatic heterocycles. The van der Waals surface area contributed by atoms with Gasteiger partial charge in [0.1, 0.15) is 0 Å². The van der Waals surface area contributed by atoms with Gasteiger partial charge in [0, 0.05) is 19.5 Å². The van der Waals surface area contributed by atoms with Crippen LogP contribution in [0.25, 0.3) is 0 Å². The van der Waals surface area contributed by atoms with Crippen LogP contribution in [0, 0.1) is 0 Å². The summed E-state index contributed by atoms with van der Waals surface area (Å²) in [5, 5.41) is 2.94.